The summed E-state index contributed by atoms with van der Waals surface area (Å²) in [5.74, 6) is -7.80. The van der Waals surface area contributed by atoms with Gasteiger partial charge in [0.25, 0.3) is 11.8 Å². The Kier molecular flexibility index (Phi) is 6.86. The number of nitrogens with one attached hydrogen (secondary N) is 4. The second-order valence-corrected chi connectivity index (χ2v) is 3.37. The van der Waals surface area contributed by atoms with Gasteiger partial charge in [-0.2, -0.15) is 0 Å². The molecule has 21 heavy (non-hydrogen) atoms. The van der Waals surface area contributed by atoms with Crippen LogP contribution in [0.4, 0.5) is 0 Å². The third-order valence-electron chi connectivity index (χ3n) is 2.19. The molecule has 0 rings (SSSR count). The van der Waals surface area contributed by atoms with E-state index in [2.05, 4.69) is 0 Å². The van der Waals surface area contributed by atoms with Gasteiger partial charge < -0.3 is 31.5 Å². The summed E-state index contributed by atoms with van der Waals surface area (Å²) in [7, 11) is 0. The lowest BCUT2D eigenvalue weighted by atomic mass is 9.86. The minimum atomic E-state index is -3.46. The predicted molar refractivity (Wildman–Crippen MR) is 62.1 cm³/mol. The number of rotatable bonds is 10. The molecule has 0 aliphatic carbocycles. The molecule has 0 aromatic rings. The van der Waals surface area contributed by atoms with E-state index in [1.165, 1.54) is 0 Å². The van der Waals surface area contributed by atoms with Crippen LogP contribution in [0.2, 0.25) is 0 Å². The van der Waals surface area contributed by atoms with Crippen LogP contribution in [0.5, 0.6) is 0 Å². The number of aliphatic carboxylic acids is 2. The van der Waals surface area contributed by atoms with Crippen LogP contribution in [-0.2, 0) is 28.8 Å². The molecule has 0 aromatic heterocycles. The lowest BCUT2D eigenvalue weighted by molar-refractivity contribution is -0.172. The van der Waals surface area contributed by atoms with Crippen molar-refractivity contribution in [3.8, 4) is 0 Å². The largest absolute Gasteiger partial charge is 0.480 e. The Balaban J connectivity index is 5.34. The molecule has 116 valence electrons. The Hall–Kier alpha value is -3.18. The SMILES string of the molecule is O=CNCNC(=O)C(C(=O)O)(C(=O)O)C(=O)NCNC=O. The molecule has 0 saturated carbocycles. The van der Waals surface area contributed by atoms with Gasteiger partial charge in [-0.15, -0.1) is 0 Å². The number of carboxylic acid groups (broad SMARTS) is 2. The van der Waals surface area contributed by atoms with Crippen LogP contribution in [0.15, 0.2) is 0 Å². The maximum absolute atomic E-state index is 11.7. The zero-order chi connectivity index (χ0) is 16.5. The predicted octanol–water partition coefficient (Wildman–Crippen LogP) is -4.22. The molecule has 0 spiro atoms. The number of carboxylic acids is 2. The van der Waals surface area contributed by atoms with Gasteiger partial charge in [-0.25, -0.2) is 9.59 Å². The van der Waals surface area contributed by atoms with Gasteiger partial charge in [-0.1, -0.05) is 0 Å². The Morgan fingerprint density at radius 1 is 0.810 bits per heavy atom. The Bertz CT molecular complexity index is 421. The van der Waals surface area contributed by atoms with E-state index in [9.17, 15) is 28.8 Å². The Morgan fingerprint density at radius 2 is 1.14 bits per heavy atom. The average Bonchev–Trinajstić information content (AvgIpc) is 2.39. The summed E-state index contributed by atoms with van der Waals surface area (Å²) in [5.41, 5.74) is -3.46. The molecule has 4 amide bonds. The van der Waals surface area contributed by atoms with Crippen LogP contribution in [0, 0.1) is 5.41 Å². The molecule has 0 aliphatic rings. The van der Waals surface area contributed by atoms with Gasteiger partial charge in [-0.05, 0) is 0 Å². The van der Waals surface area contributed by atoms with Crippen LogP contribution in [0.25, 0.3) is 0 Å². The van der Waals surface area contributed by atoms with Crippen LogP contribution in [0.3, 0.4) is 0 Å². The van der Waals surface area contributed by atoms with Gasteiger partial charge in [0, 0.05) is 0 Å². The van der Waals surface area contributed by atoms with Gasteiger partial charge in [0.2, 0.25) is 12.8 Å². The van der Waals surface area contributed by atoms with Gasteiger partial charge in [-0.3, -0.25) is 19.2 Å². The van der Waals surface area contributed by atoms with Crippen LogP contribution >= 0.6 is 0 Å². The summed E-state index contributed by atoms with van der Waals surface area (Å²) < 4.78 is 0. The van der Waals surface area contributed by atoms with E-state index in [0.29, 0.717) is 0 Å². The molecular weight excluding hydrogens is 292 g/mol. The standard InChI is InChI=1S/C9H12N4O8/c14-3-10-1-12-5(16)9(7(18)19,8(20)21)6(17)13-2-11-4-15/h3-4H,1-2H2,(H,10,14)(H,11,15)(H,12,16)(H,13,17)(H,18,19)(H,20,21). The third-order valence-corrected chi connectivity index (χ3v) is 2.19. The summed E-state index contributed by atoms with van der Waals surface area (Å²) in [6.07, 6.45) is 0.329. The fourth-order valence-corrected chi connectivity index (χ4v) is 1.19. The first-order chi connectivity index (χ1) is 9.85. The van der Waals surface area contributed by atoms with Gasteiger partial charge in [0.15, 0.2) is 0 Å². The minimum absolute atomic E-state index is 0.164. The maximum Gasteiger partial charge on any atom is 0.340 e. The van der Waals surface area contributed by atoms with Crippen LogP contribution in [0.1, 0.15) is 0 Å². The molecule has 12 nitrogen and oxygen atoms in total. The average molecular weight is 304 g/mol. The van der Waals surface area contributed by atoms with E-state index in [0.717, 1.165) is 0 Å². The van der Waals surface area contributed by atoms with Gasteiger partial charge in [0.05, 0.1) is 13.3 Å². The smallest absolute Gasteiger partial charge is 0.340 e. The highest BCUT2D eigenvalue weighted by Crippen LogP contribution is 2.19. The summed E-state index contributed by atoms with van der Waals surface area (Å²) in [5, 5.41) is 25.3. The Labute approximate surface area is 116 Å². The molecule has 0 bridgehead atoms. The second-order valence-electron chi connectivity index (χ2n) is 3.37. The van der Waals surface area contributed by atoms with Crippen molar-refractivity contribution in [2.45, 2.75) is 0 Å². The summed E-state index contributed by atoms with van der Waals surface area (Å²) in [6.45, 7) is -1.16. The summed E-state index contributed by atoms with van der Waals surface area (Å²) >= 11 is 0. The maximum atomic E-state index is 11.7. The van der Waals surface area contributed by atoms with Crippen molar-refractivity contribution in [3.63, 3.8) is 0 Å². The zero-order valence-corrected chi connectivity index (χ0v) is 10.4. The quantitative estimate of drug-likeness (QED) is 0.101. The molecule has 0 unspecified atom stereocenters. The molecule has 0 aromatic carbocycles. The van der Waals surface area contributed by atoms with E-state index in [1.54, 1.807) is 10.6 Å². The second kappa shape index (κ2) is 8.08. The van der Waals surface area contributed by atoms with E-state index in [4.69, 9.17) is 10.2 Å². The van der Waals surface area contributed by atoms with Gasteiger partial charge in [0.1, 0.15) is 0 Å². The number of amides is 4. The molecule has 6 N–H and O–H groups in total. The number of carbonyl (C=O) groups excluding carboxylic acids is 4. The fraction of sp³-hybridized carbons (Fsp3) is 0.333. The number of hydrogen-bond donors (Lipinski definition) is 6. The lowest BCUT2D eigenvalue weighted by Crippen LogP contribution is -2.62. The number of hydrogen-bond acceptors (Lipinski definition) is 6. The lowest BCUT2D eigenvalue weighted by Gasteiger charge is -2.22. The fourth-order valence-electron chi connectivity index (χ4n) is 1.19. The van der Waals surface area contributed by atoms with Gasteiger partial charge >= 0.3 is 17.4 Å². The summed E-state index contributed by atoms with van der Waals surface area (Å²) in [6, 6.07) is 0. The first-order valence-electron chi connectivity index (χ1n) is 5.23. The van der Waals surface area contributed by atoms with Crippen molar-refractivity contribution in [3.05, 3.63) is 0 Å². The highest BCUT2D eigenvalue weighted by Gasteiger charge is 2.60. The molecule has 0 heterocycles. The van der Waals surface area contributed by atoms with Crippen molar-refractivity contribution in [1.29, 1.82) is 0 Å². The third kappa shape index (κ3) is 3.89. The molecule has 0 atom stereocenters. The van der Waals surface area contributed by atoms with Crippen molar-refractivity contribution in [2.24, 2.45) is 5.41 Å². The van der Waals surface area contributed by atoms with Crippen molar-refractivity contribution in [2.75, 3.05) is 13.3 Å². The molecular formula is C9H12N4O8. The monoisotopic (exact) mass is 304 g/mol. The normalized spacial score (nSPS) is 9.90. The van der Waals surface area contributed by atoms with E-state index in [-0.39, 0.29) is 12.8 Å². The van der Waals surface area contributed by atoms with Crippen LogP contribution in [-0.4, -0.2) is 60.1 Å². The first kappa shape index (κ1) is 17.8. The molecule has 12 heteroatoms. The van der Waals surface area contributed by atoms with Crippen molar-refractivity contribution in [1.82, 2.24) is 21.3 Å². The highest BCUT2D eigenvalue weighted by molar-refractivity contribution is 6.34. The minimum Gasteiger partial charge on any atom is -0.480 e. The summed E-state index contributed by atoms with van der Waals surface area (Å²) in [4.78, 5) is 65.7. The van der Waals surface area contributed by atoms with Crippen molar-refractivity contribution < 1.29 is 39.0 Å². The van der Waals surface area contributed by atoms with E-state index >= 15 is 0 Å². The first-order valence-corrected chi connectivity index (χ1v) is 5.23. The molecule has 0 fully saturated rings. The number of carbonyl (C=O) groups is 6. The highest BCUT2D eigenvalue weighted by atomic mass is 16.4. The topological polar surface area (TPSA) is 191 Å². The van der Waals surface area contributed by atoms with Crippen molar-refractivity contribution >= 4 is 36.6 Å². The molecule has 0 radical (unpaired) electrons. The molecule has 0 saturated heterocycles. The van der Waals surface area contributed by atoms with E-state index < -0.39 is 42.5 Å². The zero-order valence-electron chi connectivity index (χ0n) is 10.4. The molecule has 0 aliphatic heterocycles. The van der Waals surface area contributed by atoms with Crippen LogP contribution < -0.4 is 21.3 Å². The van der Waals surface area contributed by atoms with E-state index in [1.807, 2.05) is 10.6 Å². The Morgan fingerprint density at radius 3 is 1.38 bits per heavy atom.